The van der Waals surface area contributed by atoms with E-state index in [0.29, 0.717) is 6.42 Å². The number of nitrogens with one attached hydrogen (secondary N) is 1. The molecule has 2 atom stereocenters. The van der Waals surface area contributed by atoms with Gasteiger partial charge < -0.3 is 5.32 Å². The fourth-order valence-corrected chi connectivity index (χ4v) is 3.15. The fraction of sp³-hybridized carbons (Fsp3) is 0.250. The molecular weight excluding hydrogens is 314 g/mol. The summed E-state index contributed by atoms with van der Waals surface area (Å²) < 4.78 is 0. The predicted octanol–water partition coefficient (Wildman–Crippen LogP) is 2.84. The highest BCUT2D eigenvalue weighted by atomic mass is 16.2. The Labute approximate surface area is 146 Å². The highest BCUT2D eigenvalue weighted by molar-refractivity contribution is 6.07. The number of amides is 3. The number of nitrogens with zero attached hydrogens (tertiary/aromatic N) is 2. The molecule has 3 rings (SSSR count). The minimum Gasteiger partial charge on any atom is -0.319 e. The van der Waals surface area contributed by atoms with Gasteiger partial charge in [0.2, 0.25) is 0 Å². The van der Waals surface area contributed by atoms with Crippen molar-refractivity contribution in [1.82, 2.24) is 10.2 Å². The molecule has 1 aliphatic rings. The maximum absolute atomic E-state index is 13.2. The number of hydrogen-bond donors (Lipinski definition) is 1. The van der Waals surface area contributed by atoms with Crippen molar-refractivity contribution < 1.29 is 9.59 Å². The van der Waals surface area contributed by atoms with E-state index in [-0.39, 0.29) is 12.5 Å². The molecule has 1 saturated heterocycles. The number of rotatable bonds is 5. The summed E-state index contributed by atoms with van der Waals surface area (Å²) in [5, 5.41) is 11.9. The highest BCUT2D eigenvalue weighted by Gasteiger charge is 2.52. The van der Waals surface area contributed by atoms with Crippen LogP contribution in [0.15, 0.2) is 60.7 Å². The predicted molar refractivity (Wildman–Crippen MR) is 93.3 cm³/mol. The van der Waals surface area contributed by atoms with Crippen molar-refractivity contribution >= 4 is 11.9 Å². The third-order valence-electron chi connectivity index (χ3n) is 4.43. The number of imide groups is 1. The molecule has 0 saturated carbocycles. The Morgan fingerprint density at radius 2 is 1.68 bits per heavy atom. The molecule has 0 aliphatic carbocycles. The van der Waals surface area contributed by atoms with Crippen molar-refractivity contribution in [2.75, 3.05) is 6.54 Å². The van der Waals surface area contributed by atoms with Crippen molar-refractivity contribution in [3.05, 3.63) is 71.8 Å². The standard InChI is InChI=1S/C20H19N3O2/c1-15(13-21)14-23-18(24)20(22-19(23)25,17-10-6-3-7-11-17)12-16-8-4-2-5-9-16/h2-11,15H,12,14H2,1H3,(H,22,25)/t15-,20+/m0/s1. The van der Waals surface area contributed by atoms with Gasteiger partial charge in [-0.25, -0.2) is 4.79 Å². The lowest BCUT2D eigenvalue weighted by molar-refractivity contribution is -0.131. The second-order valence-corrected chi connectivity index (χ2v) is 6.31. The number of urea groups is 1. The third kappa shape index (κ3) is 3.11. The molecule has 1 N–H and O–H groups in total. The monoisotopic (exact) mass is 333 g/mol. The maximum Gasteiger partial charge on any atom is 0.325 e. The maximum atomic E-state index is 13.2. The first kappa shape index (κ1) is 16.7. The zero-order valence-corrected chi connectivity index (χ0v) is 14.0. The van der Waals surface area contributed by atoms with Crippen molar-refractivity contribution in [3.63, 3.8) is 0 Å². The Morgan fingerprint density at radius 3 is 2.28 bits per heavy atom. The Balaban J connectivity index is 2.02. The quantitative estimate of drug-likeness (QED) is 0.855. The number of hydrogen-bond acceptors (Lipinski definition) is 3. The van der Waals surface area contributed by atoms with Gasteiger partial charge in [-0.1, -0.05) is 60.7 Å². The molecule has 1 aliphatic heterocycles. The van der Waals surface area contributed by atoms with Crippen LogP contribution in [0.2, 0.25) is 0 Å². The molecule has 3 amide bonds. The van der Waals surface area contributed by atoms with Crippen LogP contribution in [0.4, 0.5) is 4.79 Å². The molecular formula is C20H19N3O2. The van der Waals surface area contributed by atoms with Crippen LogP contribution in [0.5, 0.6) is 0 Å². The lowest BCUT2D eigenvalue weighted by atomic mass is 9.83. The summed E-state index contributed by atoms with van der Waals surface area (Å²) >= 11 is 0. The van der Waals surface area contributed by atoms with Crippen LogP contribution < -0.4 is 5.32 Å². The molecule has 0 unspecified atom stereocenters. The van der Waals surface area contributed by atoms with Gasteiger partial charge in [-0.05, 0) is 18.1 Å². The Hall–Kier alpha value is -3.13. The van der Waals surface area contributed by atoms with E-state index in [2.05, 4.69) is 11.4 Å². The molecule has 25 heavy (non-hydrogen) atoms. The molecule has 5 heteroatoms. The van der Waals surface area contributed by atoms with Gasteiger partial charge in [0.25, 0.3) is 5.91 Å². The first-order chi connectivity index (χ1) is 12.1. The normalized spacial score (nSPS) is 20.9. The molecule has 2 aromatic carbocycles. The summed E-state index contributed by atoms with van der Waals surface area (Å²) in [7, 11) is 0. The molecule has 0 aromatic heterocycles. The van der Waals surface area contributed by atoms with Crippen molar-refractivity contribution in [1.29, 1.82) is 5.26 Å². The fourth-order valence-electron chi connectivity index (χ4n) is 3.15. The third-order valence-corrected chi connectivity index (χ3v) is 4.43. The number of nitriles is 1. The van der Waals surface area contributed by atoms with E-state index >= 15 is 0 Å². The van der Waals surface area contributed by atoms with Crippen molar-refractivity contribution in [2.45, 2.75) is 18.9 Å². The Bertz CT molecular complexity index is 814. The largest absolute Gasteiger partial charge is 0.325 e. The van der Waals surface area contributed by atoms with Gasteiger partial charge in [0.05, 0.1) is 12.0 Å². The van der Waals surface area contributed by atoms with Crippen LogP contribution in [-0.2, 0) is 16.8 Å². The number of carbonyl (C=O) groups excluding carboxylic acids is 2. The Kier molecular flexibility index (Phi) is 4.53. The average Bonchev–Trinajstić information content (AvgIpc) is 2.88. The van der Waals surface area contributed by atoms with Gasteiger partial charge in [0.15, 0.2) is 5.54 Å². The molecule has 0 radical (unpaired) electrons. The summed E-state index contributed by atoms with van der Waals surface area (Å²) in [6.07, 6.45) is 0.361. The van der Waals surface area contributed by atoms with Gasteiger partial charge in [0.1, 0.15) is 0 Å². The minimum absolute atomic E-state index is 0.0878. The second-order valence-electron chi connectivity index (χ2n) is 6.31. The summed E-state index contributed by atoms with van der Waals surface area (Å²) in [5.74, 6) is -0.729. The van der Waals surface area contributed by atoms with Crippen LogP contribution in [0, 0.1) is 17.2 Å². The van der Waals surface area contributed by atoms with E-state index in [1.165, 1.54) is 0 Å². The zero-order valence-electron chi connectivity index (χ0n) is 14.0. The van der Waals surface area contributed by atoms with E-state index in [0.717, 1.165) is 16.0 Å². The Morgan fingerprint density at radius 1 is 1.08 bits per heavy atom. The first-order valence-corrected chi connectivity index (χ1v) is 8.20. The van der Waals surface area contributed by atoms with E-state index < -0.39 is 17.5 Å². The summed E-state index contributed by atoms with van der Waals surface area (Å²) in [5.41, 5.74) is 0.550. The molecule has 2 aromatic rings. The first-order valence-electron chi connectivity index (χ1n) is 8.20. The van der Waals surface area contributed by atoms with Gasteiger partial charge in [0, 0.05) is 13.0 Å². The van der Waals surface area contributed by atoms with Crippen molar-refractivity contribution in [2.24, 2.45) is 5.92 Å². The van der Waals surface area contributed by atoms with Crippen LogP contribution in [-0.4, -0.2) is 23.4 Å². The van der Waals surface area contributed by atoms with E-state index in [1.807, 2.05) is 60.7 Å². The molecule has 126 valence electrons. The van der Waals surface area contributed by atoms with Crippen LogP contribution in [0.3, 0.4) is 0 Å². The summed E-state index contributed by atoms with van der Waals surface area (Å²) in [6, 6.07) is 20.5. The van der Waals surface area contributed by atoms with Gasteiger partial charge in [-0.3, -0.25) is 9.69 Å². The SMILES string of the molecule is C[C@@H](C#N)CN1C(=O)N[C@](Cc2ccccc2)(c2ccccc2)C1=O. The number of benzene rings is 2. The average molecular weight is 333 g/mol. The molecule has 0 bridgehead atoms. The van der Waals surface area contributed by atoms with E-state index in [9.17, 15) is 9.59 Å². The van der Waals surface area contributed by atoms with Crippen LogP contribution in [0.25, 0.3) is 0 Å². The van der Waals surface area contributed by atoms with Crippen LogP contribution in [0.1, 0.15) is 18.1 Å². The minimum atomic E-state index is -1.14. The molecule has 5 nitrogen and oxygen atoms in total. The second kappa shape index (κ2) is 6.78. The van der Waals surface area contributed by atoms with Crippen molar-refractivity contribution in [3.8, 4) is 6.07 Å². The zero-order chi connectivity index (χ0) is 17.9. The van der Waals surface area contributed by atoms with Crippen LogP contribution >= 0.6 is 0 Å². The topological polar surface area (TPSA) is 73.2 Å². The summed E-state index contributed by atoms with van der Waals surface area (Å²) in [6.45, 7) is 1.78. The van der Waals surface area contributed by atoms with E-state index in [4.69, 9.17) is 5.26 Å². The lowest BCUT2D eigenvalue weighted by Gasteiger charge is -2.27. The van der Waals surface area contributed by atoms with E-state index in [1.54, 1.807) is 6.92 Å². The summed E-state index contributed by atoms with van der Waals surface area (Å²) in [4.78, 5) is 26.9. The molecule has 1 heterocycles. The molecule has 1 fully saturated rings. The van der Waals surface area contributed by atoms with Gasteiger partial charge in [-0.2, -0.15) is 5.26 Å². The highest BCUT2D eigenvalue weighted by Crippen LogP contribution is 2.33. The number of carbonyl (C=O) groups is 2. The smallest absolute Gasteiger partial charge is 0.319 e. The lowest BCUT2D eigenvalue weighted by Crippen LogP contribution is -2.46. The van der Waals surface area contributed by atoms with Gasteiger partial charge >= 0.3 is 6.03 Å². The van der Waals surface area contributed by atoms with Gasteiger partial charge in [-0.15, -0.1) is 0 Å². The molecule has 0 spiro atoms.